The zero-order valence-electron chi connectivity index (χ0n) is 11.1. The molecule has 0 amide bonds. The van der Waals surface area contributed by atoms with Gasteiger partial charge in [0.15, 0.2) is 0 Å². The molecule has 18 heavy (non-hydrogen) atoms. The van der Waals surface area contributed by atoms with Gasteiger partial charge in [-0.2, -0.15) is 0 Å². The minimum Gasteiger partial charge on any atom is -0.329 e. The fraction of sp³-hybridized carbons (Fsp3) is 0.571. The average molecular weight is 256 g/mol. The third-order valence-corrected chi connectivity index (χ3v) is 3.26. The molecule has 1 aromatic rings. The van der Waals surface area contributed by atoms with Crippen molar-refractivity contribution in [3.05, 3.63) is 35.4 Å². The second-order valence-corrected chi connectivity index (χ2v) is 4.47. The highest BCUT2D eigenvalue weighted by Crippen LogP contribution is 2.16. The Kier molecular flexibility index (Phi) is 6.22. The van der Waals surface area contributed by atoms with Crippen LogP contribution in [0.25, 0.3) is 0 Å². The summed E-state index contributed by atoms with van der Waals surface area (Å²) in [4.78, 5) is 2.12. The molecule has 0 radical (unpaired) electrons. The zero-order chi connectivity index (χ0) is 13.5. The van der Waals surface area contributed by atoms with Gasteiger partial charge in [0.2, 0.25) is 0 Å². The average Bonchev–Trinajstić information content (AvgIpc) is 2.35. The summed E-state index contributed by atoms with van der Waals surface area (Å²) in [6.07, 6.45) is 1.96. The molecule has 0 saturated carbocycles. The van der Waals surface area contributed by atoms with Crippen LogP contribution in [-0.4, -0.2) is 24.0 Å². The summed E-state index contributed by atoms with van der Waals surface area (Å²) in [7, 11) is 0. The van der Waals surface area contributed by atoms with Gasteiger partial charge in [-0.05, 0) is 31.0 Å². The Bertz CT molecular complexity index is 365. The Hall–Kier alpha value is -1.00. The first-order valence-electron chi connectivity index (χ1n) is 6.50. The molecule has 102 valence electrons. The smallest absolute Gasteiger partial charge is 0.127 e. The Morgan fingerprint density at radius 3 is 2.44 bits per heavy atom. The first-order valence-corrected chi connectivity index (χ1v) is 6.50. The first-order chi connectivity index (χ1) is 8.62. The maximum absolute atomic E-state index is 13.6. The van der Waals surface area contributed by atoms with E-state index >= 15 is 0 Å². The van der Waals surface area contributed by atoms with E-state index in [0.717, 1.165) is 18.9 Å². The molecule has 1 aromatic carbocycles. The number of nitrogens with two attached hydrogens (primary N) is 1. The quantitative estimate of drug-likeness (QED) is 0.812. The summed E-state index contributed by atoms with van der Waals surface area (Å²) in [6, 6.07) is 3.94. The molecule has 2 N–H and O–H groups in total. The van der Waals surface area contributed by atoms with Crippen LogP contribution in [0.5, 0.6) is 0 Å². The summed E-state index contributed by atoms with van der Waals surface area (Å²) in [5.74, 6) is -0.756. The van der Waals surface area contributed by atoms with E-state index in [4.69, 9.17) is 5.73 Å². The molecule has 0 unspecified atom stereocenters. The van der Waals surface area contributed by atoms with Gasteiger partial charge in [0.25, 0.3) is 0 Å². The molecule has 0 aliphatic rings. The molecule has 0 aliphatic carbocycles. The van der Waals surface area contributed by atoms with Gasteiger partial charge >= 0.3 is 0 Å². The molecule has 0 atom stereocenters. The molecule has 0 fully saturated rings. The van der Waals surface area contributed by atoms with Crippen LogP contribution < -0.4 is 5.73 Å². The zero-order valence-corrected chi connectivity index (χ0v) is 11.1. The lowest BCUT2D eigenvalue weighted by Crippen LogP contribution is -2.37. The van der Waals surface area contributed by atoms with Crippen molar-refractivity contribution in [1.82, 2.24) is 4.90 Å². The van der Waals surface area contributed by atoms with Crippen molar-refractivity contribution in [2.24, 2.45) is 5.73 Å². The first kappa shape index (κ1) is 15.1. The van der Waals surface area contributed by atoms with E-state index in [1.165, 1.54) is 12.1 Å². The van der Waals surface area contributed by atoms with Crippen molar-refractivity contribution in [3.63, 3.8) is 0 Å². The fourth-order valence-electron chi connectivity index (χ4n) is 2.24. The van der Waals surface area contributed by atoms with Crippen LogP contribution in [0.4, 0.5) is 8.78 Å². The lowest BCUT2D eigenvalue weighted by Gasteiger charge is -2.30. The lowest BCUT2D eigenvalue weighted by atomic mass is 10.1. The summed E-state index contributed by atoms with van der Waals surface area (Å²) < 4.78 is 26.8. The van der Waals surface area contributed by atoms with Gasteiger partial charge in [0, 0.05) is 31.2 Å². The van der Waals surface area contributed by atoms with E-state index < -0.39 is 5.82 Å². The van der Waals surface area contributed by atoms with Crippen molar-refractivity contribution in [3.8, 4) is 0 Å². The van der Waals surface area contributed by atoms with Crippen LogP contribution in [0.1, 0.15) is 32.3 Å². The third-order valence-electron chi connectivity index (χ3n) is 3.26. The molecule has 0 aliphatic heterocycles. The summed E-state index contributed by atoms with van der Waals surface area (Å²) in [5.41, 5.74) is 5.99. The van der Waals surface area contributed by atoms with Crippen LogP contribution in [0, 0.1) is 11.6 Å². The topological polar surface area (TPSA) is 29.3 Å². The number of hydrogen-bond donors (Lipinski definition) is 1. The van der Waals surface area contributed by atoms with Crippen LogP contribution in [0.2, 0.25) is 0 Å². The van der Waals surface area contributed by atoms with Crippen molar-refractivity contribution >= 4 is 0 Å². The number of hydrogen-bond acceptors (Lipinski definition) is 2. The SMILES string of the molecule is CCC(CC)N(CCN)Cc1cc(F)ccc1F. The Morgan fingerprint density at radius 1 is 1.22 bits per heavy atom. The highest BCUT2D eigenvalue weighted by atomic mass is 19.1. The highest BCUT2D eigenvalue weighted by Gasteiger charge is 2.16. The minimum atomic E-state index is -0.399. The molecule has 4 heteroatoms. The van der Waals surface area contributed by atoms with Crippen LogP contribution in [-0.2, 0) is 6.54 Å². The van der Waals surface area contributed by atoms with Crippen LogP contribution in [0.15, 0.2) is 18.2 Å². The Balaban J connectivity index is 2.85. The van der Waals surface area contributed by atoms with E-state index in [9.17, 15) is 8.78 Å². The maximum atomic E-state index is 13.6. The summed E-state index contributed by atoms with van der Waals surface area (Å²) in [6.45, 7) is 5.82. The molecule has 1 rings (SSSR count). The Morgan fingerprint density at radius 2 is 1.89 bits per heavy atom. The van der Waals surface area contributed by atoms with Gasteiger partial charge in [-0.15, -0.1) is 0 Å². The number of rotatable bonds is 7. The van der Waals surface area contributed by atoms with Gasteiger partial charge in [-0.3, -0.25) is 4.90 Å². The standard InChI is InChI=1S/C14H22F2N2/c1-3-13(4-2)18(8-7-17)10-11-9-12(15)5-6-14(11)16/h5-6,9,13H,3-4,7-8,10,17H2,1-2H3. The number of benzene rings is 1. The Labute approximate surface area is 108 Å². The van der Waals surface area contributed by atoms with E-state index in [1.54, 1.807) is 0 Å². The molecule has 2 nitrogen and oxygen atoms in total. The molecular weight excluding hydrogens is 234 g/mol. The number of halogens is 2. The molecule has 0 heterocycles. The van der Waals surface area contributed by atoms with Crippen molar-refractivity contribution in [2.45, 2.75) is 39.3 Å². The van der Waals surface area contributed by atoms with E-state index in [-0.39, 0.29) is 5.82 Å². The molecular formula is C14H22F2N2. The monoisotopic (exact) mass is 256 g/mol. The normalized spacial score (nSPS) is 11.5. The van der Waals surface area contributed by atoms with E-state index in [1.807, 2.05) is 0 Å². The minimum absolute atomic E-state index is 0.357. The predicted octanol–water partition coefficient (Wildman–Crippen LogP) is 2.91. The largest absolute Gasteiger partial charge is 0.329 e. The summed E-state index contributed by atoms with van der Waals surface area (Å²) >= 11 is 0. The fourth-order valence-corrected chi connectivity index (χ4v) is 2.24. The third kappa shape index (κ3) is 4.03. The van der Waals surface area contributed by atoms with Crippen LogP contribution >= 0.6 is 0 Å². The van der Waals surface area contributed by atoms with Gasteiger partial charge in [-0.1, -0.05) is 13.8 Å². The molecule has 0 bridgehead atoms. The molecule has 0 saturated heterocycles. The van der Waals surface area contributed by atoms with Gasteiger partial charge in [0.1, 0.15) is 11.6 Å². The van der Waals surface area contributed by atoms with Gasteiger partial charge in [-0.25, -0.2) is 8.78 Å². The second-order valence-electron chi connectivity index (χ2n) is 4.47. The van der Waals surface area contributed by atoms with Gasteiger partial charge in [0.05, 0.1) is 0 Å². The second kappa shape index (κ2) is 7.44. The van der Waals surface area contributed by atoms with E-state index in [2.05, 4.69) is 18.7 Å². The van der Waals surface area contributed by atoms with Crippen molar-refractivity contribution in [1.29, 1.82) is 0 Å². The summed E-state index contributed by atoms with van der Waals surface area (Å²) in [5, 5.41) is 0. The lowest BCUT2D eigenvalue weighted by molar-refractivity contribution is 0.180. The maximum Gasteiger partial charge on any atom is 0.127 e. The number of nitrogens with zero attached hydrogens (tertiary/aromatic N) is 1. The van der Waals surface area contributed by atoms with E-state index in [0.29, 0.717) is 31.2 Å². The van der Waals surface area contributed by atoms with Gasteiger partial charge < -0.3 is 5.73 Å². The highest BCUT2D eigenvalue weighted by molar-refractivity contribution is 5.18. The predicted molar refractivity (Wildman–Crippen MR) is 70.2 cm³/mol. The molecule has 0 spiro atoms. The van der Waals surface area contributed by atoms with Crippen molar-refractivity contribution < 1.29 is 8.78 Å². The van der Waals surface area contributed by atoms with Crippen molar-refractivity contribution in [2.75, 3.05) is 13.1 Å². The molecule has 0 aromatic heterocycles. The van der Waals surface area contributed by atoms with Crippen LogP contribution in [0.3, 0.4) is 0 Å².